The molecule has 0 aliphatic heterocycles. The first-order chi connectivity index (χ1) is 44.0. The van der Waals surface area contributed by atoms with Crippen molar-refractivity contribution in [2.45, 2.75) is 463 Å². The highest BCUT2D eigenvalue weighted by molar-refractivity contribution is 7.45. The monoisotopic (exact) mass is 1290 g/mol. The Labute approximate surface area is 564 Å². The number of likely N-dealkylation sites (N-methyl/N-ethyl adjacent to an activating group) is 1. The maximum Gasteiger partial charge on any atom is 0.268 e. The van der Waals surface area contributed by atoms with E-state index in [4.69, 9.17) is 9.05 Å². The average Bonchev–Trinajstić information content (AvgIpc) is 3.18. The number of amides is 1. The number of phosphoric acid groups is 1. The summed E-state index contributed by atoms with van der Waals surface area (Å²) in [5.74, 6) is -0.153. The molecule has 9 heteroatoms. The summed E-state index contributed by atoms with van der Waals surface area (Å²) in [7, 11) is 1.33. The summed E-state index contributed by atoms with van der Waals surface area (Å²) in [6, 6.07) is -0.799. The van der Waals surface area contributed by atoms with Crippen molar-refractivity contribution in [1.82, 2.24) is 5.32 Å². The van der Waals surface area contributed by atoms with E-state index in [9.17, 15) is 19.4 Å². The summed E-state index contributed by atoms with van der Waals surface area (Å²) in [4.78, 5) is 25.8. The van der Waals surface area contributed by atoms with Gasteiger partial charge < -0.3 is 28.8 Å². The Morgan fingerprint density at radius 2 is 0.611 bits per heavy atom. The topological polar surface area (TPSA) is 108 Å². The van der Waals surface area contributed by atoms with Crippen LogP contribution in [0.25, 0.3) is 0 Å². The first kappa shape index (κ1) is 89.2. The van der Waals surface area contributed by atoms with Crippen molar-refractivity contribution in [3.05, 3.63) is 12.2 Å². The Bertz CT molecular complexity index is 1470. The van der Waals surface area contributed by atoms with Crippen LogP contribution >= 0.6 is 7.82 Å². The fraction of sp³-hybridized carbons (Fsp3) is 0.963. The standard InChI is InChI=1S/C81H163N2O6P/c1-6-8-10-12-14-16-18-20-22-24-26-28-30-32-34-36-38-39-40-41-42-43-45-47-49-51-53-55-57-59-61-63-65-67-69-71-73-75-81(85)82-79(78-89-90(86,87)88-77-76-83(3,4)5)80(84)74-72-70-68-66-64-62-60-58-56-54-52-50-48-46-44-37-35-33-31-29-27-25-23-21-19-17-15-13-11-9-7-2/h24,26,79-80,84H,6-23,25,27-78H2,1-5H3,(H-,82,85,86,87)/b26-24-. The lowest BCUT2D eigenvalue weighted by Gasteiger charge is -2.30. The zero-order valence-corrected chi connectivity index (χ0v) is 62.8. The summed E-state index contributed by atoms with van der Waals surface area (Å²) in [5, 5.41) is 14.2. The second kappa shape index (κ2) is 72.5. The van der Waals surface area contributed by atoms with Crippen LogP contribution in [0.3, 0.4) is 0 Å². The molecule has 538 valence electrons. The summed E-state index contributed by atoms with van der Waals surface area (Å²) in [6.45, 7) is 4.80. The molecule has 0 radical (unpaired) electrons. The first-order valence-electron chi connectivity index (χ1n) is 41.0. The predicted molar refractivity (Wildman–Crippen MR) is 395 cm³/mol. The van der Waals surface area contributed by atoms with Crippen LogP contribution < -0.4 is 10.2 Å². The lowest BCUT2D eigenvalue weighted by atomic mass is 10.0. The maximum absolute atomic E-state index is 13.1. The molecule has 0 aliphatic rings. The molecule has 0 fully saturated rings. The fourth-order valence-electron chi connectivity index (χ4n) is 13.2. The number of hydrogen-bond acceptors (Lipinski definition) is 6. The molecule has 2 N–H and O–H groups in total. The van der Waals surface area contributed by atoms with Crippen LogP contribution in [0, 0.1) is 0 Å². The SMILES string of the molecule is CCCCCCCCCC/C=C\CCCCCCCCCCCCCCCCCCCCCCCCCCCC(=O)NC(COP(=O)([O-])OCC[N+](C)(C)C)C(O)CCCCCCCCCCCCCCCCCCCCCCCCCCCCCCCCC. The second-order valence-electron chi connectivity index (χ2n) is 29.8. The molecule has 0 rings (SSSR count). The Morgan fingerprint density at radius 3 is 0.867 bits per heavy atom. The van der Waals surface area contributed by atoms with E-state index in [1.54, 1.807) is 0 Å². The number of nitrogens with one attached hydrogen (secondary N) is 1. The average molecular weight is 1290 g/mol. The third-order valence-corrected chi connectivity index (χ3v) is 20.5. The summed E-state index contributed by atoms with van der Waals surface area (Å²) in [5.41, 5.74) is 0. The predicted octanol–water partition coefficient (Wildman–Crippen LogP) is 26.2. The van der Waals surface area contributed by atoms with Gasteiger partial charge in [-0.05, 0) is 38.5 Å². The fourth-order valence-corrected chi connectivity index (χ4v) is 13.9. The van der Waals surface area contributed by atoms with E-state index in [0.717, 1.165) is 38.5 Å². The molecule has 0 spiro atoms. The Morgan fingerprint density at radius 1 is 0.378 bits per heavy atom. The highest BCUT2D eigenvalue weighted by atomic mass is 31.2. The number of nitrogens with zero attached hydrogens (tertiary/aromatic N) is 1. The van der Waals surface area contributed by atoms with Crippen molar-refractivity contribution in [2.24, 2.45) is 0 Å². The van der Waals surface area contributed by atoms with Crippen LogP contribution in [0.2, 0.25) is 0 Å². The zero-order valence-electron chi connectivity index (χ0n) is 61.9. The Hall–Kier alpha value is -0.760. The van der Waals surface area contributed by atoms with Gasteiger partial charge in [0.15, 0.2) is 0 Å². The van der Waals surface area contributed by atoms with Crippen LogP contribution in [-0.4, -0.2) is 68.5 Å². The van der Waals surface area contributed by atoms with Crippen molar-refractivity contribution in [3.8, 4) is 0 Å². The number of aliphatic hydroxyl groups excluding tert-OH is 1. The summed E-state index contributed by atoms with van der Waals surface area (Å²) >= 11 is 0. The minimum atomic E-state index is -4.58. The van der Waals surface area contributed by atoms with Gasteiger partial charge >= 0.3 is 0 Å². The molecule has 8 nitrogen and oxygen atoms in total. The number of aliphatic hydroxyl groups is 1. The van der Waals surface area contributed by atoms with Crippen molar-refractivity contribution in [3.63, 3.8) is 0 Å². The maximum atomic E-state index is 13.1. The molecule has 3 atom stereocenters. The molecular weight excluding hydrogens is 1130 g/mol. The largest absolute Gasteiger partial charge is 0.756 e. The first-order valence-corrected chi connectivity index (χ1v) is 42.5. The molecule has 0 aromatic heterocycles. The summed E-state index contributed by atoms with van der Waals surface area (Å²) in [6.07, 6.45) is 94.9. The number of carbonyl (C=O) groups excluding carboxylic acids is 1. The number of hydrogen-bond donors (Lipinski definition) is 2. The normalized spacial score (nSPS) is 13.5. The summed E-state index contributed by atoms with van der Waals surface area (Å²) < 4.78 is 23.6. The van der Waals surface area contributed by atoms with E-state index in [-0.39, 0.29) is 19.1 Å². The van der Waals surface area contributed by atoms with Crippen molar-refractivity contribution >= 4 is 13.7 Å². The lowest BCUT2D eigenvalue weighted by Crippen LogP contribution is -2.46. The number of allylic oxidation sites excluding steroid dienone is 2. The number of phosphoric ester groups is 1. The molecule has 3 unspecified atom stereocenters. The zero-order chi connectivity index (χ0) is 65.5. The Balaban J connectivity index is 3.88. The van der Waals surface area contributed by atoms with E-state index in [2.05, 4.69) is 31.3 Å². The molecule has 0 aliphatic carbocycles. The Kier molecular flexibility index (Phi) is 71.9. The van der Waals surface area contributed by atoms with Gasteiger partial charge in [0.25, 0.3) is 7.82 Å². The number of unbranched alkanes of at least 4 members (excludes halogenated alkanes) is 63. The van der Waals surface area contributed by atoms with Crippen molar-refractivity contribution in [2.75, 3.05) is 40.9 Å². The molecule has 0 aromatic carbocycles. The second-order valence-corrected chi connectivity index (χ2v) is 31.3. The molecule has 1 amide bonds. The highest BCUT2D eigenvalue weighted by Crippen LogP contribution is 2.38. The number of quaternary nitrogens is 1. The van der Waals surface area contributed by atoms with Gasteiger partial charge in [-0.25, -0.2) is 0 Å². The smallest absolute Gasteiger partial charge is 0.268 e. The van der Waals surface area contributed by atoms with E-state index in [1.165, 1.54) is 385 Å². The van der Waals surface area contributed by atoms with Gasteiger partial charge in [0.1, 0.15) is 13.2 Å². The van der Waals surface area contributed by atoms with Crippen LogP contribution in [-0.2, 0) is 18.4 Å². The molecule has 0 saturated heterocycles. The van der Waals surface area contributed by atoms with E-state index in [0.29, 0.717) is 23.9 Å². The van der Waals surface area contributed by atoms with Gasteiger partial charge in [0, 0.05) is 6.42 Å². The van der Waals surface area contributed by atoms with Crippen LogP contribution in [0.5, 0.6) is 0 Å². The quantitative estimate of drug-likeness (QED) is 0.0272. The minimum absolute atomic E-state index is 0.0164. The van der Waals surface area contributed by atoms with E-state index in [1.807, 2.05) is 21.1 Å². The van der Waals surface area contributed by atoms with Gasteiger partial charge in [0.2, 0.25) is 5.91 Å². The van der Waals surface area contributed by atoms with Crippen LogP contribution in [0.15, 0.2) is 12.2 Å². The van der Waals surface area contributed by atoms with Gasteiger partial charge in [-0.3, -0.25) is 9.36 Å². The van der Waals surface area contributed by atoms with Gasteiger partial charge in [0.05, 0.1) is 39.9 Å². The molecule has 90 heavy (non-hydrogen) atoms. The van der Waals surface area contributed by atoms with Gasteiger partial charge in [-0.1, -0.05) is 418 Å². The molecule has 0 bridgehead atoms. The third-order valence-electron chi connectivity index (χ3n) is 19.5. The number of rotatable bonds is 78. The van der Waals surface area contributed by atoms with Gasteiger partial charge in [-0.2, -0.15) is 0 Å². The molecule has 0 saturated carbocycles. The lowest BCUT2D eigenvalue weighted by molar-refractivity contribution is -0.870. The van der Waals surface area contributed by atoms with E-state index < -0.39 is 20.0 Å². The van der Waals surface area contributed by atoms with E-state index >= 15 is 0 Å². The van der Waals surface area contributed by atoms with Crippen molar-refractivity contribution < 1.29 is 32.9 Å². The van der Waals surface area contributed by atoms with Gasteiger partial charge in [-0.15, -0.1) is 0 Å². The molecular formula is C81H163N2O6P. The molecule has 0 aromatic rings. The number of carbonyl (C=O) groups is 1. The minimum Gasteiger partial charge on any atom is -0.756 e. The highest BCUT2D eigenvalue weighted by Gasteiger charge is 2.24. The van der Waals surface area contributed by atoms with Crippen LogP contribution in [0.1, 0.15) is 450 Å². The van der Waals surface area contributed by atoms with Crippen LogP contribution in [0.4, 0.5) is 0 Å². The molecule has 0 heterocycles. The third kappa shape index (κ3) is 74.6. The van der Waals surface area contributed by atoms with Crippen molar-refractivity contribution in [1.29, 1.82) is 0 Å².